The second kappa shape index (κ2) is 7.04. The van der Waals surface area contributed by atoms with Crippen LogP contribution in [0, 0.1) is 19.7 Å². The van der Waals surface area contributed by atoms with Crippen molar-refractivity contribution in [2.24, 2.45) is 0 Å². The third-order valence-electron chi connectivity index (χ3n) is 5.00. The summed E-state index contributed by atoms with van der Waals surface area (Å²) in [4.78, 5) is 15.8. The highest BCUT2D eigenvalue weighted by Gasteiger charge is 2.17. The van der Waals surface area contributed by atoms with E-state index < -0.39 is 0 Å². The zero-order chi connectivity index (χ0) is 19.0. The lowest BCUT2D eigenvalue weighted by Gasteiger charge is -2.21. The van der Waals surface area contributed by atoms with Crippen LogP contribution in [0.5, 0.6) is 5.75 Å². The predicted octanol–water partition coefficient (Wildman–Crippen LogP) is 3.76. The zero-order valence-electron chi connectivity index (χ0n) is 15.3. The number of fused-ring (bicyclic) bond motifs is 2. The van der Waals surface area contributed by atoms with Crippen molar-refractivity contribution in [3.63, 3.8) is 0 Å². The van der Waals surface area contributed by atoms with E-state index in [1.54, 1.807) is 6.07 Å². The smallest absolute Gasteiger partial charge is 0.251 e. The van der Waals surface area contributed by atoms with E-state index >= 15 is 0 Å². The summed E-state index contributed by atoms with van der Waals surface area (Å²) in [7, 11) is 0. The Morgan fingerprint density at radius 3 is 2.96 bits per heavy atom. The van der Waals surface area contributed by atoms with Gasteiger partial charge in [0.2, 0.25) is 0 Å². The van der Waals surface area contributed by atoms with Gasteiger partial charge in [0.25, 0.3) is 5.91 Å². The molecule has 6 heteroatoms. The molecule has 1 amide bonds. The lowest BCUT2D eigenvalue weighted by molar-refractivity contribution is -0.0172. The third kappa shape index (κ3) is 3.40. The monoisotopic (exact) mass is 368 g/mol. The quantitative estimate of drug-likeness (QED) is 0.737. The SMILES string of the molecule is Cc1[nH]c2ccc(C(=O)NCCc3cc(F)cc4c3OCOC4)cc2c1C. The molecule has 27 heavy (non-hydrogen) atoms. The first-order valence-corrected chi connectivity index (χ1v) is 8.92. The summed E-state index contributed by atoms with van der Waals surface area (Å²) in [6.45, 7) is 4.94. The number of hydrogen-bond donors (Lipinski definition) is 2. The van der Waals surface area contributed by atoms with Crippen LogP contribution in [0.1, 0.15) is 32.7 Å². The molecule has 1 aliphatic rings. The number of ether oxygens (including phenoxy) is 2. The van der Waals surface area contributed by atoms with Crippen LogP contribution >= 0.6 is 0 Å². The van der Waals surface area contributed by atoms with Crippen molar-refractivity contribution in [3.05, 3.63) is 64.1 Å². The molecule has 2 aromatic carbocycles. The van der Waals surface area contributed by atoms with Crippen LogP contribution in [0.3, 0.4) is 0 Å². The van der Waals surface area contributed by atoms with Crippen molar-refractivity contribution in [3.8, 4) is 5.75 Å². The van der Waals surface area contributed by atoms with Crippen LogP contribution in [0.4, 0.5) is 4.39 Å². The van der Waals surface area contributed by atoms with E-state index in [1.807, 2.05) is 26.0 Å². The van der Waals surface area contributed by atoms with E-state index in [0.29, 0.717) is 36.4 Å². The normalized spacial score (nSPS) is 13.3. The van der Waals surface area contributed by atoms with Gasteiger partial charge in [0.1, 0.15) is 11.6 Å². The molecule has 1 aromatic heterocycles. The molecule has 2 N–H and O–H groups in total. The summed E-state index contributed by atoms with van der Waals surface area (Å²) in [5, 5.41) is 3.96. The fourth-order valence-electron chi connectivity index (χ4n) is 3.46. The van der Waals surface area contributed by atoms with Crippen LogP contribution in [-0.2, 0) is 17.8 Å². The highest BCUT2D eigenvalue weighted by Crippen LogP contribution is 2.29. The van der Waals surface area contributed by atoms with E-state index in [9.17, 15) is 9.18 Å². The zero-order valence-corrected chi connectivity index (χ0v) is 15.3. The fourth-order valence-corrected chi connectivity index (χ4v) is 3.46. The Morgan fingerprint density at radius 2 is 2.11 bits per heavy atom. The van der Waals surface area contributed by atoms with Crippen LogP contribution in [0.15, 0.2) is 30.3 Å². The maximum atomic E-state index is 13.8. The molecule has 0 saturated carbocycles. The molecule has 3 aromatic rings. The van der Waals surface area contributed by atoms with E-state index in [2.05, 4.69) is 10.3 Å². The van der Waals surface area contributed by atoms with Crippen molar-refractivity contribution in [1.29, 1.82) is 0 Å². The number of carbonyl (C=O) groups excluding carboxylic acids is 1. The summed E-state index contributed by atoms with van der Waals surface area (Å²) in [5.74, 6) is 0.189. The number of aryl methyl sites for hydroxylation is 2. The minimum absolute atomic E-state index is 0.148. The largest absolute Gasteiger partial charge is 0.467 e. The van der Waals surface area contributed by atoms with Gasteiger partial charge in [0.05, 0.1) is 6.61 Å². The van der Waals surface area contributed by atoms with Gasteiger partial charge in [-0.2, -0.15) is 0 Å². The third-order valence-corrected chi connectivity index (χ3v) is 5.00. The summed E-state index contributed by atoms with van der Waals surface area (Å²) in [6, 6.07) is 8.49. The molecule has 0 aliphatic carbocycles. The topological polar surface area (TPSA) is 63.4 Å². The van der Waals surface area contributed by atoms with Gasteiger partial charge in [0.15, 0.2) is 6.79 Å². The molecule has 0 fully saturated rings. The van der Waals surface area contributed by atoms with Gasteiger partial charge in [-0.15, -0.1) is 0 Å². The molecule has 0 atom stereocenters. The van der Waals surface area contributed by atoms with Gasteiger partial charge in [-0.3, -0.25) is 4.79 Å². The van der Waals surface area contributed by atoms with Crippen LogP contribution in [0.25, 0.3) is 10.9 Å². The molecule has 0 radical (unpaired) electrons. The number of carbonyl (C=O) groups is 1. The molecule has 5 nitrogen and oxygen atoms in total. The number of nitrogens with one attached hydrogen (secondary N) is 2. The molecule has 0 unspecified atom stereocenters. The van der Waals surface area contributed by atoms with E-state index in [-0.39, 0.29) is 18.5 Å². The first kappa shape index (κ1) is 17.5. The van der Waals surface area contributed by atoms with E-state index in [4.69, 9.17) is 9.47 Å². The Balaban J connectivity index is 1.46. The van der Waals surface area contributed by atoms with Crippen molar-refractivity contribution >= 4 is 16.8 Å². The van der Waals surface area contributed by atoms with Crippen molar-refractivity contribution in [2.45, 2.75) is 26.9 Å². The van der Waals surface area contributed by atoms with Crippen LogP contribution < -0.4 is 10.1 Å². The molecule has 0 saturated heterocycles. The van der Waals surface area contributed by atoms with Crippen LogP contribution in [-0.4, -0.2) is 24.2 Å². The molecular formula is C21H21FN2O3. The number of hydrogen-bond acceptors (Lipinski definition) is 3. The molecule has 1 aliphatic heterocycles. The number of aromatic amines is 1. The van der Waals surface area contributed by atoms with Crippen molar-refractivity contribution < 1.29 is 18.7 Å². The van der Waals surface area contributed by atoms with Crippen molar-refractivity contribution in [2.75, 3.05) is 13.3 Å². The molecule has 2 heterocycles. The summed E-state index contributed by atoms with van der Waals surface area (Å²) >= 11 is 0. The number of halogens is 1. The number of H-pyrrole nitrogens is 1. The lowest BCUT2D eigenvalue weighted by Crippen LogP contribution is -2.26. The summed E-state index contributed by atoms with van der Waals surface area (Å²) in [6.07, 6.45) is 0.483. The summed E-state index contributed by atoms with van der Waals surface area (Å²) < 4.78 is 24.5. The van der Waals surface area contributed by atoms with Gasteiger partial charge in [-0.25, -0.2) is 4.39 Å². The fraction of sp³-hybridized carbons (Fsp3) is 0.286. The maximum absolute atomic E-state index is 13.8. The Hall–Kier alpha value is -2.86. The predicted molar refractivity (Wildman–Crippen MR) is 100 cm³/mol. The Morgan fingerprint density at radius 1 is 1.26 bits per heavy atom. The van der Waals surface area contributed by atoms with Gasteiger partial charge in [0, 0.05) is 34.3 Å². The average molecular weight is 368 g/mol. The average Bonchev–Trinajstić information content (AvgIpc) is 2.95. The minimum atomic E-state index is -0.326. The highest BCUT2D eigenvalue weighted by molar-refractivity contribution is 5.99. The molecule has 0 spiro atoms. The van der Waals surface area contributed by atoms with Gasteiger partial charge < -0.3 is 19.8 Å². The van der Waals surface area contributed by atoms with E-state index in [0.717, 1.165) is 27.7 Å². The van der Waals surface area contributed by atoms with Crippen LogP contribution in [0.2, 0.25) is 0 Å². The molecule has 0 bridgehead atoms. The molecule has 4 rings (SSSR count). The highest BCUT2D eigenvalue weighted by atomic mass is 19.1. The molecular weight excluding hydrogens is 347 g/mol. The van der Waals surface area contributed by atoms with Gasteiger partial charge in [-0.05, 0) is 61.7 Å². The van der Waals surface area contributed by atoms with Gasteiger partial charge >= 0.3 is 0 Å². The number of benzene rings is 2. The second-order valence-corrected chi connectivity index (χ2v) is 6.81. The number of amides is 1. The standard InChI is InChI=1S/C21H21FN2O3/c1-12-13(2)24-19-4-3-15(9-18(12)19)21(25)23-6-5-14-7-17(22)8-16-10-26-11-27-20(14)16/h3-4,7-9,24H,5-6,10-11H2,1-2H3,(H,23,25). The lowest BCUT2D eigenvalue weighted by atomic mass is 10.0. The Labute approximate surface area is 156 Å². The Kier molecular flexibility index (Phi) is 4.58. The number of aromatic nitrogens is 1. The maximum Gasteiger partial charge on any atom is 0.251 e. The summed E-state index contributed by atoms with van der Waals surface area (Å²) in [5.41, 5.74) is 5.31. The minimum Gasteiger partial charge on any atom is -0.467 e. The molecule has 140 valence electrons. The first-order chi connectivity index (χ1) is 13.0. The Bertz CT molecular complexity index is 1030. The second-order valence-electron chi connectivity index (χ2n) is 6.81. The van der Waals surface area contributed by atoms with Gasteiger partial charge in [-0.1, -0.05) is 0 Å². The number of rotatable bonds is 4. The first-order valence-electron chi connectivity index (χ1n) is 8.92. The van der Waals surface area contributed by atoms with E-state index in [1.165, 1.54) is 12.1 Å². The van der Waals surface area contributed by atoms with Crippen molar-refractivity contribution in [1.82, 2.24) is 10.3 Å².